The Morgan fingerprint density at radius 2 is 1.97 bits per heavy atom. The first kappa shape index (κ1) is 20.8. The van der Waals surface area contributed by atoms with E-state index in [9.17, 15) is 4.79 Å². The van der Waals surface area contributed by atoms with Crippen LogP contribution in [0.4, 0.5) is 10.1 Å². The van der Waals surface area contributed by atoms with E-state index in [0.29, 0.717) is 28.3 Å². The Morgan fingerprint density at radius 1 is 1.08 bits per heavy atom. The number of pyridine rings is 3. The fourth-order valence-corrected chi connectivity index (χ4v) is 4.97. The Labute approximate surface area is 206 Å². The molecule has 11 heteroatoms. The first-order chi connectivity index (χ1) is 17.7. The smallest absolute Gasteiger partial charge is 0.227 e. The maximum absolute atomic E-state index is 15.9. The van der Waals surface area contributed by atoms with Crippen molar-refractivity contribution in [1.82, 2.24) is 35.1 Å². The van der Waals surface area contributed by atoms with E-state index in [1.54, 1.807) is 29.8 Å². The zero-order valence-corrected chi connectivity index (χ0v) is 19.4. The van der Waals surface area contributed by atoms with Crippen molar-refractivity contribution in [3.05, 3.63) is 60.4 Å². The minimum Gasteiger partial charge on any atom is -0.335 e. The summed E-state index contributed by atoms with van der Waals surface area (Å²) in [5.41, 5.74) is 4.19. The van der Waals surface area contributed by atoms with Crippen molar-refractivity contribution in [2.45, 2.75) is 12.8 Å². The predicted molar refractivity (Wildman–Crippen MR) is 135 cm³/mol. The van der Waals surface area contributed by atoms with E-state index in [1.807, 2.05) is 17.5 Å². The molecule has 6 aromatic heterocycles. The van der Waals surface area contributed by atoms with Gasteiger partial charge < -0.3 is 10.3 Å². The number of thiophene rings is 1. The lowest BCUT2D eigenvalue weighted by atomic mass is 10.1. The molecule has 0 bridgehead atoms. The van der Waals surface area contributed by atoms with Gasteiger partial charge >= 0.3 is 0 Å². The molecule has 176 valence electrons. The molecule has 1 fully saturated rings. The van der Waals surface area contributed by atoms with Crippen LogP contribution < -0.4 is 5.32 Å². The van der Waals surface area contributed by atoms with E-state index in [0.717, 1.165) is 34.3 Å². The van der Waals surface area contributed by atoms with Crippen LogP contribution in [0.1, 0.15) is 12.8 Å². The number of aromatic nitrogens is 7. The summed E-state index contributed by atoms with van der Waals surface area (Å²) in [4.78, 5) is 34.0. The fourth-order valence-electron chi connectivity index (χ4n) is 4.23. The summed E-state index contributed by atoms with van der Waals surface area (Å²) in [7, 11) is 0. The van der Waals surface area contributed by atoms with Gasteiger partial charge in [-0.3, -0.25) is 24.8 Å². The second kappa shape index (κ2) is 8.02. The lowest BCUT2D eigenvalue weighted by Crippen LogP contribution is -2.13. The van der Waals surface area contributed by atoms with Gasteiger partial charge in [0, 0.05) is 34.3 Å². The van der Waals surface area contributed by atoms with Crippen molar-refractivity contribution >= 4 is 44.9 Å². The number of carbonyl (C=O) groups excluding carboxylic acids is 1. The Morgan fingerprint density at radius 3 is 2.81 bits per heavy atom. The number of imidazole rings is 1. The summed E-state index contributed by atoms with van der Waals surface area (Å²) >= 11 is 1.60. The van der Waals surface area contributed by atoms with Gasteiger partial charge in [0.05, 0.1) is 40.7 Å². The van der Waals surface area contributed by atoms with E-state index in [-0.39, 0.29) is 22.9 Å². The second-order valence-corrected chi connectivity index (χ2v) is 9.60. The third-order valence-corrected chi connectivity index (χ3v) is 7.08. The number of hydrogen-bond acceptors (Lipinski definition) is 7. The second-order valence-electron chi connectivity index (χ2n) is 8.65. The highest BCUT2D eigenvalue weighted by atomic mass is 32.1. The summed E-state index contributed by atoms with van der Waals surface area (Å²) < 4.78 is 15.9. The summed E-state index contributed by atoms with van der Waals surface area (Å²) in [5.74, 6) is -0.133. The molecular formula is C25H17FN8OS. The first-order valence-corrected chi connectivity index (χ1v) is 12.2. The third-order valence-electron chi connectivity index (χ3n) is 6.18. The third kappa shape index (κ3) is 3.43. The van der Waals surface area contributed by atoms with Crippen molar-refractivity contribution in [2.24, 2.45) is 5.92 Å². The van der Waals surface area contributed by atoms with Crippen LogP contribution in [-0.4, -0.2) is 41.0 Å². The topological polar surface area (TPSA) is 125 Å². The number of anilines is 1. The lowest BCUT2D eigenvalue weighted by Gasteiger charge is -2.07. The molecule has 1 saturated carbocycles. The van der Waals surface area contributed by atoms with Crippen LogP contribution >= 0.6 is 11.3 Å². The van der Waals surface area contributed by atoms with Crippen LogP contribution in [0.5, 0.6) is 0 Å². The minimum atomic E-state index is -0.555. The van der Waals surface area contributed by atoms with Crippen LogP contribution in [-0.2, 0) is 4.79 Å². The van der Waals surface area contributed by atoms with E-state index in [1.165, 1.54) is 18.6 Å². The maximum atomic E-state index is 15.9. The molecule has 1 aliphatic carbocycles. The van der Waals surface area contributed by atoms with Gasteiger partial charge in [-0.2, -0.15) is 5.10 Å². The number of hydrogen-bond donors (Lipinski definition) is 3. The molecular weight excluding hydrogens is 479 g/mol. The van der Waals surface area contributed by atoms with Gasteiger partial charge in [0.1, 0.15) is 16.9 Å². The van der Waals surface area contributed by atoms with E-state index < -0.39 is 5.82 Å². The molecule has 0 spiro atoms. The van der Waals surface area contributed by atoms with Crippen LogP contribution in [0.2, 0.25) is 0 Å². The van der Waals surface area contributed by atoms with Crippen molar-refractivity contribution in [3.8, 4) is 33.2 Å². The van der Waals surface area contributed by atoms with Gasteiger partial charge in [0.15, 0.2) is 11.6 Å². The van der Waals surface area contributed by atoms with Gasteiger partial charge in [-0.15, -0.1) is 11.3 Å². The largest absolute Gasteiger partial charge is 0.335 e. The van der Waals surface area contributed by atoms with Crippen molar-refractivity contribution < 1.29 is 9.18 Å². The normalized spacial score (nSPS) is 13.5. The molecule has 36 heavy (non-hydrogen) atoms. The molecule has 0 aromatic carbocycles. The SMILES string of the molecule is O=C(Nc1cncc(-c2ncc3[nH]nc(-c4nc5c(-c6cccs6)cncc5[nH]4)c3c2F)c1)C1CC1. The highest BCUT2D eigenvalue weighted by Gasteiger charge is 2.29. The highest BCUT2D eigenvalue weighted by Crippen LogP contribution is 2.35. The monoisotopic (exact) mass is 496 g/mol. The Kier molecular flexibility index (Phi) is 4.64. The van der Waals surface area contributed by atoms with Crippen LogP contribution in [0.3, 0.4) is 0 Å². The number of nitrogens with one attached hydrogen (secondary N) is 3. The Bertz CT molecular complexity index is 1770. The van der Waals surface area contributed by atoms with Crippen LogP contribution in [0, 0.1) is 11.7 Å². The number of halogens is 1. The highest BCUT2D eigenvalue weighted by molar-refractivity contribution is 7.13. The van der Waals surface area contributed by atoms with Gasteiger partial charge in [0.2, 0.25) is 5.91 Å². The molecule has 7 rings (SSSR count). The molecule has 1 amide bonds. The van der Waals surface area contributed by atoms with Crippen LogP contribution in [0.15, 0.2) is 54.6 Å². The molecule has 6 aromatic rings. The average molecular weight is 497 g/mol. The van der Waals surface area contributed by atoms with Crippen molar-refractivity contribution in [3.63, 3.8) is 0 Å². The van der Waals surface area contributed by atoms with Crippen LogP contribution in [0.25, 0.3) is 55.2 Å². The Hall–Kier alpha value is -4.51. The van der Waals surface area contributed by atoms with Gasteiger partial charge in [-0.05, 0) is 30.4 Å². The zero-order valence-electron chi connectivity index (χ0n) is 18.6. The molecule has 6 heterocycles. The minimum absolute atomic E-state index is 0.0451. The van der Waals surface area contributed by atoms with Crippen molar-refractivity contribution in [2.75, 3.05) is 5.32 Å². The lowest BCUT2D eigenvalue weighted by molar-refractivity contribution is -0.117. The molecule has 1 aliphatic rings. The number of H-pyrrole nitrogens is 2. The molecule has 0 aliphatic heterocycles. The number of amides is 1. The number of aromatic amines is 2. The zero-order chi connectivity index (χ0) is 24.2. The maximum Gasteiger partial charge on any atom is 0.227 e. The number of carbonyl (C=O) groups is 1. The molecule has 0 atom stereocenters. The molecule has 9 nitrogen and oxygen atoms in total. The van der Waals surface area contributed by atoms with E-state index >= 15 is 4.39 Å². The summed E-state index contributed by atoms with van der Waals surface area (Å²) in [6.07, 6.45) is 9.83. The Balaban J connectivity index is 1.32. The molecule has 0 unspecified atom stereocenters. The number of rotatable bonds is 5. The van der Waals surface area contributed by atoms with E-state index in [2.05, 4.69) is 35.5 Å². The number of nitrogens with zero attached hydrogens (tertiary/aromatic N) is 5. The van der Waals surface area contributed by atoms with Crippen molar-refractivity contribution in [1.29, 1.82) is 0 Å². The van der Waals surface area contributed by atoms with Gasteiger partial charge in [-0.25, -0.2) is 9.37 Å². The van der Waals surface area contributed by atoms with Gasteiger partial charge in [-0.1, -0.05) is 6.07 Å². The molecule has 0 radical (unpaired) electrons. The average Bonchev–Trinajstić information content (AvgIpc) is 3.27. The number of fused-ring (bicyclic) bond motifs is 2. The predicted octanol–water partition coefficient (Wildman–Crippen LogP) is 5.17. The quantitative estimate of drug-likeness (QED) is 0.302. The molecule has 0 saturated heterocycles. The van der Waals surface area contributed by atoms with E-state index in [4.69, 9.17) is 4.98 Å². The molecule has 3 N–H and O–H groups in total. The summed E-state index contributed by atoms with van der Waals surface area (Å²) in [5, 5.41) is 12.3. The van der Waals surface area contributed by atoms with Gasteiger partial charge in [0.25, 0.3) is 0 Å². The standard InChI is InChI=1S/C25H17FN8OS/c26-20-19-16(11-29-21(20)13-6-14(8-27-7-13)30-25(35)12-3-4-12)33-34-23(19)24-31-17-10-28-9-15(22(17)32-24)18-2-1-5-36-18/h1-2,5-12H,3-4H2,(H,30,35)(H,31,32)(H,33,34). The summed E-state index contributed by atoms with van der Waals surface area (Å²) in [6.45, 7) is 0. The first-order valence-electron chi connectivity index (χ1n) is 11.3. The fraction of sp³-hybridized carbons (Fsp3) is 0.120. The summed E-state index contributed by atoms with van der Waals surface area (Å²) in [6, 6.07) is 5.65.